The maximum Gasteiger partial charge on any atom is 0.163 e. The number of hydrogen-bond donors (Lipinski definition) is 2. The Morgan fingerprint density at radius 2 is 1.84 bits per heavy atom. The normalized spacial score (nSPS) is 11.2. The fourth-order valence-corrected chi connectivity index (χ4v) is 2.65. The molecule has 2 N–H and O–H groups in total. The highest BCUT2D eigenvalue weighted by Gasteiger charge is 2.07. The minimum Gasteiger partial charge on any atom is -0.508 e. The molecule has 0 aliphatic heterocycles. The smallest absolute Gasteiger partial charge is 0.163 e. The SMILES string of the molecule is O=C(/C=C/c1ccc2cc[nH]c2c1)CC(=O)CCc1ccc(O)cc1. The van der Waals surface area contributed by atoms with Crippen LogP contribution in [0.3, 0.4) is 0 Å². The zero-order valence-electron chi connectivity index (χ0n) is 13.7. The molecule has 0 amide bonds. The number of rotatable bonds is 7. The number of fused-ring (bicyclic) bond motifs is 1. The number of H-pyrrole nitrogens is 1. The number of allylic oxidation sites excluding steroid dienone is 1. The lowest BCUT2D eigenvalue weighted by Crippen LogP contribution is -2.06. The minimum absolute atomic E-state index is 0.0810. The highest BCUT2D eigenvalue weighted by atomic mass is 16.3. The van der Waals surface area contributed by atoms with Crippen molar-refractivity contribution < 1.29 is 14.7 Å². The van der Waals surface area contributed by atoms with Gasteiger partial charge in [-0.1, -0.05) is 30.3 Å². The van der Waals surface area contributed by atoms with Crippen LogP contribution in [0.5, 0.6) is 5.75 Å². The Labute approximate surface area is 145 Å². The van der Waals surface area contributed by atoms with E-state index in [-0.39, 0.29) is 23.7 Å². The molecule has 4 nitrogen and oxygen atoms in total. The summed E-state index contributed by atoms with van der Waals surface area (Å²) in [6.07, 6.45) is 5.87. The zero-order valence-corrected chi connectivity index (χ0v) is 13.7. The molecule has 0 spiro atoms. The lowest BCUT2D eigenvalue weighted by atomic mass is 10.0. The fraction of sp³-hybridized carbons (Fsp3) is 0.143. The number of aromatic hydroxyl groups is 1. The summed E-state index contributed by atoms with van der Waals surface area (Å²) in [7, 11) is 0. The van der Waals surface area contributed by atoms with Crippen LogP contribution in [-0.2, 0) is 16.0 Å². The number of carbonyl (C=O) groups is 2. The molecule has 0 atom stereocenters. The Bertz CT molecular complexity index is 920. The summed E-state index contributed by atoms with van der Waals surface area (Å²) in [6, 6.07) is 14.6. The number of aryl methyl sites for hydroxylation is 1. The van der Waals surface area contributed by atoms with E-state index in [4.69, 9.17) is 0 Å². The van der Waals surface area contributed by atoms with Gasteiger partial charge in [0.25, 0.3) is 0 Å². The van der Waals surface area contributed by atoms with E-state index in [9.17, 15) is 14.7 Å². The molecule has 4 heteroatoms. The minimum atomic E-state index is -0.192. The summed E-state index contributed by atoms with van der Waals surface area (Å²) in [5.74, 6) is -0.0715. The number of carbonyl (C=O) groups excluding carboxylic acids is 2. The number of aromatic nitrogens is 1. The van der Waals surface area contributed by atoms with E-state index >= 15 is 0 Å². The van der Waals surface area contributed by atoms with Crippen LogP contribution in [0.1, 0.15) is 24.0 Å². The number of hydrogen-bond acceptors (Lipinski definition) is 3. The molecule has 25 heavy (non-hydrogen) atoms. The van der Waals surface area contributed by atoms with Crippen molar-refractivity contribution in [3.63, 3.8) is 0 Å². The molecule has 0 fully saturated rings. The summed E-state index contributed by atoms with van der Waals surface area (Å²) in [5, 5.41) is 10.3. The molecule has 0 saturated heterocycles. The summed E-state index contributed by atoms with van der Waals surface area (Å²) < 4.78 is 0. The number of phenols is 1. The van der Waals surface area contributed by atoms with E-state index in [0.29, 0.717) is 12.8 Å². The quantitative estimate of drug-likeness (QED) is 0.506. The molecule has 126 valence electrons. The first-order chi connectivity index (χ1) is 12.1. The van der Waals surface area contributed by atoms with Crippen molar-refractivity contribution in [2.24, 2.45) is 0 Å². The first-order valence-corrected chi connectivity index (χ1v) is 8.18. The predicted octanol–water partition coefficient (Wildman–Crippen LogP) is 4.05. The van der Waals surface area contributed by atoms with E-state index in [0.717, 1.165) is 22.0 Å². The van der Waals surface area contributed by atoms with Crippen molar-refractivity contribution in [1.29, 1.82) is 0 Å². The Hall–Kier alpha value is -3.14. The third kappa shape index (κ3) is 4.67. The second kappa shape index (κ2) is 7.62. The molecule has 2 aromatic carbocycles. The number of aromatic amines is 1. The van der Waals surface area contributed by atoms with Gasteiger partial charge in [0.1, 0.15) is 11.5 Å². The summed E-state index contributed by atoms with van der Waals surface area (Å²) in [5.41, 5.74) is 2.90. The van der Waals surface area contributed by atoms with Crippen LogP contribution in [0.15, 0.2) is 60.8 Å². The van der Waals surface area contributed by atoms with Gasteiger partial charge in [-0.2, -0.15) is 0 Å². The van der Waals surface area contributed by atoms with Gasteiger partial charge in [-0.3, -0.25) is 9.59 Å². The van der Waals surface area contributed by atoms with Crippen molar-refractivity contribution in [2.75, 3.05) is 0 Å². The Balaban J connectivity index is 1.50. The first kappa shape index (κ1) is 16.7. The number of benzene rings is 2. The predicted molar refractivity (Wildman–Crippen MR) is 98.4 cm³/mol. The zero-order chi connectivity index (χ0) is 17.6. The number of nitrogens with one attached hydrogen (secondary N) is 1. The van der Waals surface area contributed by atoms with Crippen molar-refractivity contribution in [3.8, 4) is 5.75 Å². The standard InChI is InChI=1S/C21H19NO3/c23-18-7-2-15(3-8-18)4-9-19(24)14-20(25)10-5-16-1-6-17-11-12-22-21(17)13-16/h1-3,5-8,10-13,22-23H,4,9,14H2/b10-5+. The van der Waals surface area contributed by atoms with Crippen LogP contribution in [0, 0.1) is 0 Å². The van der Waals surface area contributed by atoms with Gasteiger partial charge in [-0.15, -0.1) is 0 Å². The molecule has 1 aromatic heterocycles. The number of ketones is 2. The van der Waals surface area contributed by atoms with E-state index in [1.807, 2.05) is 30.5 Å². The number of phenolic OH excluding ortho intramolecular Hbond substituents is 1. The second-order valence-electron chi connectivity index (χ2n) is 6.01. The van der Waals surface area contributed by atoms with Gasteiger partial charge in [0.2, 0.25) is 0 Å². The number of Topliss-reactive ketones (excluding diaryl/α,β-unsaturated/α-hetero) is 1. The molecule has 3 rings (SSSR count). The lowest BCUT2D eigenvalue weighted by molar-refractivity contribution is -0.124. The van der Waals surface area contributed by atoms with Gasteiger partial charge in [-0.25, -0.2) is 0 Å². The van der Waals surface area contributed by atoms with E-state index in [2.05, 4.69) is 4.98 Å². The van der Waals surface area contributed by atoms with Crippen molar-refractivity contribution in [2.45, 2.75) is 19.3 Å². The van der Waals surface area contributed by atoms with Crippen LogP contribution in [0.2, 0.25) is 0 Å². The summed E-state index contributed by atoms with van der Waals surface area (Å²) >= 11 is 0. The van der Waals surface area contributed by atoms with E-state index in [1.165, 1.54) is 6.08 Å². The van der Waals surface area contributed by atoms with E-state index < -0.39 is 0 Å². The topological polar surface area (TPSA) is 70.2 Å². The van der Waals surface area contributed by atoms with Crippen molar-refractivity contribution in [3.05, 3.63) is 71.9 Å². The van der Waals surface area contributed by atoms with Crippen LogP contribution < -0.4 is 0 Å². The molecular formula is C21H19NO3. The third-order valence-electron chi connectivity index (χ3n) is 4.04. The van der Waals surface area contributed by atoms with Crippen LogP contribution in [0.25, 0.3) is 17.0 Å². The average molecular weight is 333 g/mol. The van der Waals surface area contributed by atoms with E-state index in [1.54, 1.807) is 30.3 Å². The second-order valence-corrected chi connectivity index (χ2v) is 6.01. The largest absolute Gasteiger partial charge is 0.508 e. The molecule has 1 heterocycles. The molecule has 0 saturated carbocycles. The fourth-order valence-electron chi connectivity index (χ4n) is 2.65. The molecule has 0 aliphatic carbocycles. The molecular weight excluding hydrogens is 314 g/mol. The van der Waals surface area contributed by atoms with Gasteiger partial charge in [0.15, 0.2) is 5.78 Å². The Morgan fingerprint density at radius 3 is 2.64 bits per heavy atom. The lowest BCUT2D eigenvalue weighted by Gasteiger charge is -2.01. The first-order valence-electron chi connectivity index (χ1n) is 8.18. The molecule has 0 aliphatic rings. The van der Waals surface area contributed by atoms with Gasteiger partial charge < -0.3 is 10.1 Å². The van der Waals surface area contributed by atoms with Gasteiger partial charge in [0.05, 0.1) is 6.42 Å². The van der Waals surface area contributed by atoms with Crippen molar-refractivity contribution >= 4 is 28.5 Å². The van der Waals surface area contributed by atoms with Gasteiger partial charge in [0, 0.05) is 18.1 Å². The maximum atomic E-state index is 11.9. The summed E-state index contributed by atoms with van der Waals surface area (Å²) in [4.78, 5) is 27.0. The van der Waals surface area contributed by atoms with Crippen LogP contribution in [0.4, 0.5) is 0 Å². The van der Waals surface area contributed by atoms with Crippen molar-refractivity contribution in [1.82, 2.24) is 4.98 Å². The Kier molecular flexibility index (Phi) is 5.09. The molecule has 0 bridgehead atoms. The Morgan fingerprint density at radius 1 is 1.04 bits per heavy atom. The van der Waals surface area contributed by atoms with Gasteiger partial charge in [-0.05, 0) is 53.3 Å². The van der Waals surface area contributed by atoms with Crippen LogP contribution >= 0.6 is 0 Å². The molecule has 0 radical (unpaired) electrons. The monoisotopic (exact) mass is 333 g/mol. The highest BCUT2D eigenvalue weighted by Crippen LogP contribution is 2.15. The van der Waals surface area contributed by atoms with Crippen LogP contribution in [-0.4, -0.2) is 21.7 Å². The summed E-state index contributed by atoms with van der Waals surface area (Å²) in [6.45, 7) is 0. The van der Waals surface area contributed by atoms with Gasteiger partial charge >= 0.3 is 0 Å². The average Bonchev–Trinajstić information content (AvgIpc) is 3.07. The molecule has 0 unspecified atom stereocenters. The highest BCUT2D eigenvalue weighted by molar-refractivity contribution is 6.06. The molecule has 3 aromatic rings. The maximum absolute atomic E-state index is 11.9. The third-order valence-corrected chi connectivity index (χ3v) is 4.04.